The topological polar surface area (TPSA) is 26.0 Å². The van der Waals surface area contributed by atoms with E-state index in [9.17, 15) is 0 Å². The van der Waals surface area contributed by atoms with Crippen LogP contribution >= 0.6 is 11.6 Å². The monoisotopic (exact) mass is 131 g/mol. The first-order valence-electron chi connectivity index (χ1n) is 2.66. The maximum atomic E-state index is 5.40. The molecule has 2 heteroatoms. The van der Waals surface area contributed by atoms with Crippen molar-refractivity contribution in [2.75, 3.05) is 5.88 Å². The smallest absolute Gasteiger partial charge is 0.0223 e. The minimum absolute atomic E-state index is 0.728. The van der Waals surface area contributed by atoms with Gasteiger partial charge >= 0.3 is 0 Å². The van der Waals surface area contributed by atoms with Gasteiger partial charge in [0.15, 0.2) is 0 Å². The molecule has 8 heavy (non-hydrogen) atoms. The molecule has 0 saturated heterocycles. The lowest BCUT2D eigenvalue weighted by Crippen LogP contribution is -1.78. The molecule has 0 radical (unpaired) electrons. The van der Waals surface area contributed by atoms with E-state index < -0.39 is 0 Å². The van der Waals surface area contributed by atoms with Gasteiger partial charge in [-0.1, -0.05) is 5.92 Å². The summed E-state index contributed by atoms with van der Waals surface area (Å²) in [4.78, 5) is 0. The standard InChI is InChI=1S/C6H10ClN/c7-5-3-1-2-4-6-8/h1-3,5,8H2. The molecule has 0 aromatic carbocycles. The molecule has 0 saturated carbocycles. The minimum atomic E-state index is 0.728. The summed E-state index contributed by atoms with van der Waals surface area (Å²) in [5, 5.41) is 0. The van der Waals surface area contributed by atoms with Crippen LogP contribution in [0.2, 0.25) is 0 Å². The van der Waals surface area contributed by atoms with Crippen molar-refractivity contribution in [2.24, 2.45) is 5.73 Å². The molecule has 1 nitrogen and oxygen atoms in total. The molecule has 0 aromatic rings. The highest BCUT2D eigenvalue weighted by Crippen LogP contribution is 1.94. The number of hydrogen-bond donors (Lipinski definition) is 1. The number of alkyl halides is 1. The fraction of sp³-hybridized carbons (Fsp3) is 0.667. The lowest BCUT2D eigenvalue weighted by atomic mass is 10.3. The fourth-order valence-corrected chi connectivity index (χ4v) is 0.569. The predicted molar refractivity (Wildman–Crippen MR) is 36.5 cm³/mol. The van der Waals surface area contributed by atoms with E-state index in [2.05, 4.69) is 12.0 Å². The van der Waals surface area contributed by atoms with Gasteiger partial charge in [0.05, 0.1) is 0 Å². The highest BCUT2D eigenvalue weighted by atomic mass is 35.5. The van der Waals surface area contributed by atoms with Crippen LogP contribution < -0.4 is 5.73 Å². The van der Waals surface area contributed by atoms with E-state index in [4.69, 9.17) is 17.3 Å². The van der Waals surface area contributed by atoms with Crippen molar-refractivity contribution in [1.29, 1.82) is 0 Å². The Labute approximate surface area is 55.2 Å². The second-order valence-electron chi connectivity index (χ2n) is 1.47. The van der Waals surface area contributed by atoms with Gasteiger partial charge in [0.2, 0.25) is 0 Å². The van der Waals surface area contributed by atoms with Gasteiger partial charge in [-0.15, -0.1) is 11.6 Å². The van der Waals surface area contributed by atoms with Crippen LogP contribution in [0.5, 0.6) is 0 Å². The summed E-state index contributed by atoms with van der Waals surface area (Å²) in [5.74, 6) is 3.48. The summed E-state index contributed by atoms with van der Waals surface area (Å²) in [7, 11) is 0. The van der Waals surface area contributed by atoms with E-state index in [-0.39, 0.29) is 0 Å². The molecule has 2 N–H and O–H groups in total. The first-order chi connectivity index (χ1) is 3.91. The van der Waals surface area contributed by atoms with Gasteiger partial charge in [0.1, 0.15) is 0 Å². The number of nitrogens with two attached hydrogens (primary N) is 1. The van der Waals surface area contributed by atoms with Gasteiger partial charge in [0.25, 0.3) is 0 Å². The second-order valence-corrected chi connectivity index (χ2v) is 1.85. The molecule has 0 bridgehead atoms. The lowest BCUT2D eigenvalue weighted by molar-refractivity contribution is 0.833. The van der Waals surface area contributed by atoms with Crippen molar-refractivity contribution < 1.29 is 0 Å². The maximum Gasteiger partial charge on any atom is 0.0223 e. The summed E-state index contributed by atoms with van der Waals surface area (Å²) in [6.45, 7) is 0. The maximum absolute atomic E-state index is 5.40. The van der Waals surface area contributed by atoms with Gasteiger partial charge in [-0.05, 0) is 12.8 Å². The molecule has 0 spiro atoms. The average Bonchev–Trinajstić information content (AvgIpc) is 1.81. The molecular formula is C6H10ClN. The zero-order chi connectivity index (χ0) is 6.24. The predicted octanol–water partition coefficient (Wildman–Crippen LogP) is 1.32. The normalized spacial score (nSPS) is 7.62. The SMILES string of the molecule is NC#CCCCCCl. The van der Waals surface area contributed by atoms with Gasteiger partial charge in [-0.25, -0.2) is 0 Å². The largest absolute Gasteiger partial charge is 0.359 e. The van der Waals surface area contributed by atoms with Crippen LogP contribution in [0.4, 0.5) is 0 Å². The lowest BCUT2D eigenvalue weighted by Gasteiger charge is -1.85. The van der Waals surface area contributed by atoms with Crippen molar-refractivity contribution in [3.05, 3.63) is 0 Å². The first-order valence-corrected chi connectivity index (χ1v) is 3.19. The zero-order valence-corrected chi connectivity index (χ0v) is 5.54. The van der Waals surface area contributed by atoms with Crippen LogP contribution in [0, 0.1) is 12.0 Å². The molecular weight excluding hydrogens is 122 g/mol. The Hall–Kier alpha value is -0.350. The van der Waals surface area contributed by atoms with Crippen LogP contribution in [-0.4, -0.2) is 5.88 Å². The zero-order valence-electron chi connectivity index (χ0n) is 4.78. The average molecular weight is 132 g/mol. The number of halogens is 1. The van der Waals surface area contributed by atoms with Crippen molar-refractivity contribution in [3.63, 3.8) is 0 Å². The molecule has 0 aromatic heterocycles. The van der Waals surface area contributed by atoms with Crippen LogP contribution in [0.15, 0.2) is 0 Å². The minimum Gasteiger partial charge on any atom is -0.359 e. The number of unbranched alkanes of at least 4 members (excludes halogenated alkanes) is 2. The summed E-state index contributed by atoms with van der Waals surface area (Å²) in [5.41, 5.74) is 4.92. The second kappa shape index (κ2) is 6.65. The van der Waals surface area contributed by atoms with Crippen LogP contribution in [0.1, 0.15) is 19.3 Å². The molecule has 0 heterocycles. The Kier molecular flexibility index (Phi) is 6.36. The molecule has 46 valence electrons. The molecule has 0 aliphatic heterocycles. The fourth-order valence-electron chi connectivity index (χ4n) is 0.380. The highest BCUT2D eigenvalue weighted by molar-refractivity contribution is 6.17. The first kappa shape index (κ1) is 7.65. The Morgan fingerprint density at radius 1 is 1.38 bits per heavy atom. The molecule has 0 aliphatic carbocycles. The van der Waals surface area contributed by atoms with E-state index >= 15 is 0 Å². The van der Waals surface area contributed by atoms with E-state index in [1.807, 2.05) is 0 Å². The molecule has 0 atom stereocenters. The van der Waals surface area contributed by atoms with Crippen molar-refractivity contribution in [3.8, 4) is 12.0 Å². The summed E-state index contributed by atoms with van der Waals surface area (Å²) < 4.78 is 0. The van der Waals surface area contributed by atoms with Gasteiger partial charge < -0.3 is 5.73 Å². The van der Waals surface area contributed by atoms with E-state index in [0.29, 0.717) is 0 Å². The Morgan fingerprint density at radius 2 is 2.12 bits per heavy atom. The quantitative estimate of drug-likeness (QED) is 0.266. The van der Waals surface area contributed by atoms with Crippen LogP contribution in [0.3, 0.4) is 0 Å². The van der Waals surface area contributed by atoms with E-state index in [1.54, 1.807) is 0 Å². The third-order valence-electron chi connectivity index (χ3n) is 0.787. The Balaban J connectivity index is 2.79. The summed E-state index contributed by atoms with van der Waals surface area (Å²) in [6.07, 6.45) is 2.98. The third kappa shape index (κ3) is 5.65. The summed E-state index contributed by atoms with van der Waals surface area (Å²) in [6, 6.07) is 2.33. The van der Waals surface area contributed by atoms with Crippen LogP contribution in [-0.2, 0) is 0 Å². The van der Waals surface area contributed by atoms with Gasteiger partial charge in [-0.3, -0.25) is 0 Å². The van der Waals surface area contributed by atoms with E-state index in [1.165, 1.54) is 0 Å². The molecule has 0 aliphatic rings. The van der Waals surface area contributed by atoms with Crippen molar-refractivity contribution >= 4 is 11.6 Å². The van der Waals surface area contributed by atoms with Gasteiger partial charge in [0, 0.05) is 18.3 Å². The molecule has 0 fully saturated rings. The molecule has 0 amide bonds. The van der Waals surface area contributed by atoms with Crippen molar-refractivity contribution in [2.45, 2.75) is 19.3 Å². The van der Waals surface area contributed by atoms with Crippen molar-refractivity contribution in [1.82, 2.24) is 0 Å². The van der Waals surface area contributed by atoms with Gasteiger partial charge in [-0.2, -0.15) is 0 Å². The Bertz CT molecular complexity index is 90.4. The number of hydrogen-bond acceptors (Lipinski definition) is 1. The third-order valence-corrected chi connectivity index (χ3v) is 1.05. The molecule has 0 unspecified atom stereocenters. The van der Waals surface area contributed by atoms with Crippen LogP contribution in [0.25, 0.3) is 0 Å². The highest BCUT2D eigenvalue weighted by Gasteiger charge is 1.79. The Morgan fingerprint density at radius 3 is 2.62 bits per heavy atom. The molecule has 0 rings (SSSR count). The summed E-state index contributed by atoms with van der Waals surface area (Å²) >= 11 is 5.40. The van der Waals surface area contributed by atoms with E-state index in [0.717, 1.165) is 25.1 Å². The number of rotatable bonds is 3.